The van der Waals surface area contributed by atoms with E-state index in [4.69, 9.17) is 0 Å². The van der Waals surface area contributed by atoms with Crippen molar-refractivity contribution in [1.29, 1.82) is 0 Å². The molecule has 0 saturated carbocycles. The molecular weight excluding hydrogens is 236 g/mol. The minimum Gasteiger partial charge on any atom is -0.298 e. The standard InChI is InChI=1S/C13H24OS2/c1-7-15-8-10(2)11(3)16-9-12(14)13(4,5)6/h8,11H,7,9H2,1-6H3/b10-8+. The highest BCUT2D eigenvalue weighted by atomic mass is 32.2. The molecule has 0 amide bonds. The fraction of sp³-hybridized carbons (Fsp3) is 0.769. The van der Waals surface area contributed by atoms with Gasteiger partial charge in [0, 0.05) is 10.7 Å². The molecule has 0 saturated heterocycles. The number of carbonyl (C=O) groups excluding carboxylic acids is 1. The van der Waals surface area contributed by atoms with Gasteiger partial charge in [-0.25, -0.2) is 0 Å². The highest BCUT2D eigenvalue weighted by molar-refractivity contribution is 8.02. The van der Waals surface area contributed by atoms with Gasteiger partial charge in [0.15, 0.2) is 0 Å². The molecule has 1 atom stereocenters. The van der Waals surface area contributed by atoms with E-state index < -0.39 is 0 Å². The number of hydrogen-bond acceptors (Lipinski definition) is 3. The molecule has 0 aliphatic heterocycles. The Morgan fingerprint density at radius 2 is 1.94 bits per heavy atom. The van der Waals surface area contributed by atoms with Crippen LogP contribution in [-0.2, 0) is 4.79 Å². The quantitative estimate of drug-likeness (QED) is 0.705. The molecule has 16 heavy (non-hydrogen) atoms. The first kappa shape index (κ1) is 16.1. The summed E-state index contributed by atoms with van der Waals surface area (Å²) in [5, 5.41) is 2.64. The van der Waals surface area contributed by atoms with Crippen LogP contribution < -0.4 is 0 Å². The van der Waals surface area contributed by atoms with Crippen LogP contribution in [0.15, 0.2) is 11.0 Å². The highest BCUT2D eigenvalue weighted by Crippen LogP contribution is 2.24. The predicted octanol–water partition coefficient (Wildman–Crippen LogP) is 4.38. The average Bonchev–Trinajstić information content (AvgIpc) is 2.20. The van der Waals surface area contributed by atoms with Crippen molar-refractivity contribution in [3.8, 4) is 0 Å². The summed E-state index contributed by atoms with van der Waals surface area (Å²) in [4.78, 5) is 11.8. The van der Waals surface area contributed by atoms with E-state index >= 15 is 0 Å². The lowest BCUT2D eigenvalue weighted by molar-refractivity contribution is -0.123. The van der Waals surface area contributed by atoms with Gasteiger partial charge in [0.1, 0.15) is 5.78 Å². The van der Waals surface area contributed by atoms with Gasteiger partial charge in [0.25, 0.3) is 0 Å². The van der Waals surface area contributed by atoms with E-state index in [0.717, 1.165) is 5.75 Å². The Kier molecular flexibility index (Phi) is 7.49. The van der Waals surface area contributed by atoms with Crippen LogP contribution >= 0.6 is 23.5 Å². The summed E-state index contributed by atoms with van der Waals surface area (Å²) in [6.07, 6.45) is 0. The smallest absolute Gasteiger partial charge is 0.148 e. The topological polar surface area (TPSA) is 17.1 Å². The molecule has 0 aromatic carbocycles. The van der Waals surface area contributed by atoms with E-state index in [-0.39, 0.29) is 5.41 Å². The molecule has 0 bridgehead atoms. The van der Waals surface area contributed by atoms with Crippen molar-refractivity contribution >= 4 is 29.3 Å². The molecule has 0 radical (unpaired) electrons. The minimum atomic E-state index is -0.206. The van der Waals surface area contributed by atoms with Gasteiger partial charge in [0.05, 0.1) is 5.75 Å². The molecule has 0 spiro atoms. The van der Waals surface area contributed by atoms with Crippen LogP contribution in [0.4, 0.5) is 0 Å². The second-order valence-corrected chi connectivity index (χ2v) is 7.42. The van der Waals surface area contributed by atoms with E-state index in [0.29, 0.717) is 16.8 Å². The Bertz CT molecular complexity index is 251. The Labute approximate surface area is 109 Å². The molecule has 0 N–H and O–H groups in total. The molecule has 0 fully saturated rings. The van der Waals surface area contributed by atoms with Crippen molar-refractivity contribution in [2.45, 2.75) is 46.8 Å². The molecule has 94 valence electrons. The molecule has 0 aromatic heterocycles. The SMILES string of the molecule is CCS/C=C(\C)C(C)SCC(=O)C(C)(C)C. The second kappa shape index (κ2) is 7.44. The van der Waals surface area contributed by atoms with E-state index in [2.05, 4.69) is 26.2 Å². The summed E-state index contributed by atoms with van der Waals surface area (Å²) >= 11 is 3.56. The van der Waals surface area contributed by atoms with Crippen LogP contribution in [0.1, 0.15) is 41.5 Å². The normalized spacial score (nSPS) is 15.0. The summed E-state index contributed by atoms with van der Waals surface area (Å²) < 4.78 is 0. The summed E-state index contributed by atoms with van der Waals surface area (Å²) in [5.41, 5.74) is 1.15. The van der Waals surface area contributed by atoms with Gasteiger partial charge in [-0.05, 0) is 25.0 Å². The maximum absolute atomic E-state index is 11.8. The number of ketones is 1. The Morgan fingerprint density at radius 3 is 2.38 bits per heavy atom. The van der Waals surface area contributed by atoms with Crippen LogP contribution in [0.3, 0.4) is 0 Å². The molecule has 1 unspecified atom stereocenters. The van der Waals surface area contributed by atoms with Crippen molar-refractivity contribution in [3.05, 3.63) is 11.0 Å². The second-order valence-electron chi connectivity index (χ2n) is 4.94. The maximum atomic E-state index is 11.8. The first-order valence-electron chi connectivity index (χ1n) is 5.72. The molecule has 0 aromatic rings. The minimum absolute atomic E-state index is 0.206. The van der Waals surface area contributed by atoms with Gasteiger partial charge in [0.2, 0.25) is 0 Å². The lowest BCUT2D eigenvalue weighted by atomic mass is 9.92. The summed E-state index contributed by atoms with van der Waals surface area (Å²) in [7, 11) is 0. The Hall–Kier alpha value is 0.110. The van der Waals surface area contributed by atoms with Crippen molar-refractivity contribution in [1.82, 2.24) is 0 Å². The molecule has 1 nitrogen and oxygen atoms in total. The van der Waals surface area contributed by atoms with E-state index in [1.54, 1.807) is 11.8 Å². The number of rotatable bonds is 6. The fourth-order valence-corrected chi connectivity index (χ4v) is 2.74. The number of hydrogen-bond donors (Lipinski definition) is 0. The van der Waals surface area contributed by atoms with Crippen molar-refractivity contribution in [2.75, 3.05) is 11.5 Å². The lowest BCUT2D eigenvalue weighted by Gasteiger charge is -2.18. The predicted molar refractivity (Wildman–Crippen MR) is 78.3 cm³/mol. The first-order chi connectivity index (χ1) is 7.29. The third kappa shape index (κ3) is 6.64. The van der Waals surface area contributed by atoms with Gasteiger partial charge >= 0.3 is 0 Å². The number of thioether (sulfide) groups is 2. The zero-order valence-electron chi connectivity index (χ0n) is 11.3. The summed E-state index contributed by atoms with van der Waals surface area (Å²) in [5.74, 6) is 2.06. The van der Waals surface area contributed by atoms with E-state index in [1.165, 1.54) is 5.57 Å². The van der Waals surface area contributed by atoms with Gasteiger partial charge < -0.3 is 0 Å². The maximum Gasteiger partial charge on any atom is 0.148 e. The molecule has 0 aliphatic rings. The first-order valence-corrected chi connectivity index (χ1v) is 7.82. The zero-order valence-corrected chi connectivity index (χ0v) is 12.9. The number of Topliss-reactive ketones (excluding diaryl/α,β-unsaturated/α-hetero) is 1. The van der Waals surface area contributed by atoms with Gasteiger partial charge in [-0.15, -0.1) is 23.5 Å². The van der Waals surface area contributed by atoms with Crippen LogP contribution in [-0.4, -0.2) is 22.5 Å². The van der Waals surface area contributed by atoms with Gasteiger partial charge in [-0.3, -0.25) is 4.79 Å². The lowest BCUT2D eigenvalue weighted by Crippen LogP contribution is -2.23. The van der Waals surface area contributed by atoms with E-state index in [1.807, 2.05) is 32.5 Å². The van der Waals surface area contributed by atoms with Crippen LogP contribution in [0.25, 0.3) is 0 Å². The molecule has 0 rings (SSSR count). The molecule has 0 aliphatic carbocycles. The Balaban J connectivity index is 4.07. The van der Waals surface area contributed by atoms with Crippen molar-refractivity contribution in [3.63, 3.8) is 0 Å². The Morgan fingerprint density at radius 1 is 1.38 bits per heavy atom. The summed E-state index contributed by atoms with van der Waals surface area (Å²) in [6, 6.07) is 0. The highest BCUT2D eigenvalue weighted by Gasteiger charge is 2.21. The van der Waals surface area contributed by atoms with Crippen LogP contribution in [0, 0.1) is 5.41 Å². The van der Waals surface area contributed by atoms with Gasteiger partial charge in [-0.1, -0.05) is 33.3 Å². The van der Waals surface area contributed by atoms with Gasteiger partial charge in [-0.2, -0.15) is 0 Å². The molecule has 0 heterocycles. The molecular formula is C13H24OS2. The fourth-order valence-electron chi connectivity index (χ4n) is 0.859. The largest absolute Gasteiger partial charge is 0.298 e. The van der Waals surface area contributed by atoms with Crippen molar-refractivity contribution < 1.29 is 4.79 Å². The van der Waals surface area contributed by atoms with Crippen molar-refractivity contribution in [2.24, 2.45) is 5.41 Å². The van der Waals surface area contributed by atoms with E-state index in [9.17, 15) is 4.79 Å². The van der Waals surface area contributed by atoms with Crippen LogP contribution in [0.5, 0.6) is 0 Å². The third-order valence-corrected chi connectivity index (χ3v) is 4.55. The molecule has 3 heteroatoms. The monoisotopic (exact) mass is 260 g/mol. The average molecular weight is 260 g/mol. The third-order valence-electron chi connectivity index (χ3n) is 2.38. The zero-order chi connectivity index (χ0) is 12.8. The van der Waals surface area contributed by atoms with Crippen LogP contribution in [0.2, 0.25) is 0 Å². The summed E-state index contributed by atoms with van der Waals surface area (Å²) in [6.45, 7) is 12.4. The number of carbonyl (C=O) groups is 1.